The molecule has 0 saturated carbocycles. The topological polar surface area (TPSA) is 63.2 Å². The predicted molar refractivity (Wildman–Crippen MR) is 151 cm³/mol. The summed E-state index contributed by atoms with van der Waals surface area (Å²) in [6.07, 6.45) is 0.796. The van der Waals surface area contributed by atoms with Gasteiger partial charge in [-0.05, 0) is 29.2 Å². The van der Waals surface area contributed by atoms with Crippen LogP contribution in [0.2, 0.25) is 0 Å². The Morgan fingerprint density at radius 2 is 1.12 bits per heavy atom. The number of benzene rings is 4. The van der Waals surface area contributed by atoms with Crippen molar-refractivity contribution in [1.82, 2.24) is 0 Å². The average Bonchev–Trinajstić information content (AvgIpc) is 3.02. The van der Waals surface area contributed by atoms with Crippen molar-refractivity contribution < 1.29 is 28.5 Å². The molecule has 1 saturated heterocycles. The second kappa shape index (κ2) is 13.9. The number of esters is 1. The first-order valence-corrected chi connectivity index (χ1v) is 13.6. The molecule has 0 aromatic heterocycles. The summed E-state index contributed by atoms with van der Waals surface area (Å²) in [5.74, 6) is -1.29. The van der Waals surface area contributed by atoms with Gasteiger partial charge in [0.05, 0.1) is 25.7 Å². The van der Waals surface area contributed by atoms with Gasteiger partial charge in [0, 0.05) is 12.0 Å². The fourth-order valence-corrected chi connectivity index (χ4v) is 4.59. The molecule has 4 aromatic rings. The third-order valence-electron chi connectivity index (χ3n) is 6.85. The quantitative estimate of drug-likeness (QED) is 0.137. The number of rotatable bonds is 13. The van der Waals surface area contributed by atoms with Gasteiger partial charge >= 0.3 is 5.97 Å². The van der Waals surface area contributed by atoms with E-state index in [0.29, 0.717) is 13.0 Å². The summed E-state index contributed by atoms with van der Waals surface area (Å²) in [5, 5.41) is 0. The van der Waals surface area contributed by atoms with Crippen LogP contribution < -0.4 is 4.74 Å². The minimum atomic E-state index is -1.46. The van der Waals surface area contributed by atoms with E-state index < -0.39 is 5.97 Å². The van der Waals surface area contributed by atoms with Crippen molar-refractivity contribution in [2.75, 3.05) is 6.61 Å². The molecule has 0 radical (unpaired) electrons. The van der Waals surface area contributed by atoms with Gasteiger partial charge in [-0.1, -0.05) is 109 Å². The number of hydrogen-bond acceptors (Lipinski definition) is 6. The molecule has 6 nitrogen and oxygen atoms in total. The van der Waals surface area contributed by atoms with Crippen molar-refractivity contribution in [3.63, 3.8) is 0 Å². The molecule has 5 rings (SSSR count). The van der Waals surface area contributed by atoms with E-state index in [9.17, 15) is 4.79 Å². The van der Waals surface area contributed by atoms with Gasteiger partial charge in [-0.2, -0.15) is 0 Å². The van der Waals surface area contributed by atoms with E-state index in [4.69, 9.17) is 23.7 Å². The highest BCUT2D eigenvalue weighted by molar-refractivity contribution is 5.70. The fourth-order valence-electron chi connectivity index (χ4n) is 4.59. The molecule has 0 bridgehead atoms. The van der Waals surface area contributed by atoms with Gasteiger partial charge in [-0.3, -0.25) is 4.79 Å². The number of carbonyl (C=O) groups is 1. The predicted octanol–water partition coefficient (Wildman–Crippen LogP) is 6.82. The first kappa shape index (κ1) is 27.6. The van der Waals surface area contributed by atoms with Gasteiger partial charge in [0.2, 0.25) is 0 Å². The highest BCUT2D eigenvalue weighted by Gasteiger charge is 2.46. The van der Waals surface area contributed by atoms with Crippen LogP contribution in [0.4, 0.5) is 0 Å². The van der Waals surface area contributed by atoms with E-state index in [2.05, 4.69) is 0 Å². The third kappa shape index (κ3) is 7.57. The number of ether oxygens (including phenoxy) is 5. The Morgan fingerprint density at radius 1 is 0.625 bits per heavy atom. The summed E-state index contributed by atoms with van der Waals surface area (Å²) in [6.45, 7) is 1.31. The zero-order valence-electron chi connectivity index (χ0n) is 22.4. The Labute approximate surface area is 235 Å². The van der Waals surface area contributed by atoms with Gasteiger partial charge < -0.3 is 23.7 Å². The smallest absolute Gasteiger partial charge is 0.305 e. The standard InChI is InChI=1S/C34H34O6/c35-33-21-20-31(26-37-33)34(38-23-28-14-6-2-7-15-28,39-24-29-16-8-3-9-17-29)40-25-30-18-10-11-19-32(30)36-22-27-12-4-1-5-13-27/h1-19,31H,20-26H2. The molecule has 206 valence electrons. The molecule has 1 unspecified atom stereocenters. The molecule has 0 N–H and O–H groups in total. The summed E-state index contributed by atoms with van der Waals surface area (Å²) >= 11 is 0. The van der Waals surface area contributed by atoms with Crippen LogP contribution in [0.5, 0.6) is 5.75 Å². The van der Waals surface area contributed by atoms with Gasteiger partial charge in [-0.25, -0.2) is 0 Å². The van der Waals surface area contributed by atoms with Crippen LogP contribution in [-0.4, -0.2) is 18.5 Å². The molecule has 0 amide bonds. The zero-order chi connectivity index (χ0) is 27.5. The summed E-state index contributed by atoms with van der Waals surface area (Å²) < 4.78 is 31.3. The molecule has 0 aliphatic carbocycles. The number of cyclic esters (lactones) is 1. The van der Waals surface area contributed by atoms with E-state index in [-0.39, 0.29) is 44.7 Å². The van der Waals surface area contributed by atoms with Crippen molar-refractivity contribution in [3.05, 3.63) is 138 Å². The lowest BCUT2D eigenvalue weighted by Gasteiger charge is -2.40. The number of carbonyl (C=O) groups excluding carboxylic acids is 1. The first-order valence-electron chi connectivity index (χ1n) is 13.6. The number of para-hydroxylation sites is 1. The van der Waals surface area contributed by atoms with Gasteiger partial charge in [0.25, 0.3) is 5.97 Å². The highest BCUT2D eigenvalue weighted by Crippen LogP contribution is 2.36. The molecule has 1 heterocycles. The SMILES string of the molecule is O=C1CCC(C(OCc2ccccc2)(OCc2ccccc2)OCc2ccccc2OCc2ccccc2)CO1. The summed E-state index contributed by atoms with van der Waals surface area (Å²) in [4.78, 5) is 11.9. The van der Waals surface area contributed by atoms with Crippen LogP contribution in [0.25, 0.3) is 0 Å². The van der Waals surface area contributed by atoms with Gasteiger partial charge in [0.15, 0.2) is 0 Å². The van der Waals surface area contributed by atoms with Crippen molar-refractivity contribution in [3.8, 4) is 5.75 Å². The molecule has 4 aromatic carbocycles. The lowest BCUT2D eigenvalue weighted by Crippen LogP contribution is -2.49. The highest BCUT2D eigenvalue weighted by atomic mass is 16.9. The monoisotopic (exact) mass is 538 g/mol. The van der Waals surface area contributed by atoms with Crippen LogP contribution in [0.15, 0.2) is 115 Å². The zero-order valence-corrected chi connectivity index (χ0v) is 22.4. The van der Waals surface area contributed by atoms with Crippen LogP contribution in [0, 0.1) is 5.92 Å². The molecule has 0 spiro atoms. The van der Waals surface area contributed by atoms with Crippen molar-refractivity contribution in [2.24, 2.45) is 5.92 Å². The Hall–Kier alpha value is -3.97. The molecule has 6 heteroatoms. The van der Waals surface area contributed by atoms with Crippen LogP contribution in [0.1, 0.15) is 35.1 Å². The number of hydrogen-bond donors (Lipinski definition) is 0. The maximum absolute atomic E-state index is 11.9. The lowest BCUT2D eigenvalue weighted by atomic mass is 9.98. The average molecular weight is 539 g/mol. The van der Waals surface area contributed by atoms with E-state index in [1.807, 2.05) is 115 Å². The van der Waals surface area contributed by atoms with Gasteiger partial charge in [-0.15, -0.1) is 0 Å². The summed E-state index contributed by atoms with van der Waals surface area (Å²) in [5.41, 5.74) is 3.91. The molecule has 40 heavy (non-hydrogen) atoms. The van der Waals surface area contributed by atoms with E-state index in [1.165, 1.54) is 0 Å². The Balaban J connectivity index is 1.39. The van der Waals surface area contributed by atoms with Crippen LogP contribution in [-0.2, 0) is 50.2 Å². The minimum Gasteiger partial charge on any atom is -0.489 e. The van der Waals surface area contributed by atoms with Crippen molar-refractivity contribution >= 4 is 5.97 Å². The summed E-state index contributed by atoms with van der Waals surface area (Å²) in [7, 11) is 0. The molecule has 1 aliphatic rings. The molecular weight excluding hydrogens is 504 g/mol. The maximum Gasteiger partial charge on any atom is 0.305 e. The fraction of sp³-hybridized carbons (Fsp3) is 0.265. The molecular formula is C34H34O6. The third-order valence-corrected chi connectivity index (χ3v) is 6.85. The Morgan fingerprint density at radius 3 is 1.68 bits per heavy atom. The van der Waals surface area contributed by atoms with Crippen LogP contribution in [0.3, 0.4) is 0 Å². The van der Waals surface area contributed by atoms with Crippen molar-refractivity contribution in [2.45, 2.75) is 45.2 Å². The summed E-state index contributed by atoms with van der Waals surface area (Å²) in [6, 6.07) is 37.6. The maximum atomic E-state index is 11.9. The Bertz CT molecular complexity index is 1270. The van der Waals surface area contributed by atoms with E-state index >= 15 is 0 Å². The molecule has 1 fully saturated rings. The normalized spacial score (nSPS) is 15.4. The van der Waals surface area contributed by atoms with Crippen LogP contribution >= 0.6 is 0 Å². The van der Waals surface area contributed by atoms with Gasteiger partial charge in [0.1, 0.15) is 19.0 Å². The molecule has 1 aliphatic heterocycles. The second-order valence-corrected chi connectivity index (χ2v) is 9.74. The minimum absolute atomic E-state index is 0.147. The Kier molecular flexibility index (Phi) is 9.59. The largest absolute Gasteiger partial charge is 0.489 e. The second-order valence-electron chi connectivity index (χ2n) is 9.74. The molecule has 1 atom stereocenters. The van der Waals surface area contributed by atoms with E-state index in [1.54, 1.807) is 0 Å². The lowest BCUT2D eigenvalue weighted by molar-refractivity contribution is -0.422. The van der Waals surface area contributed by atoms with Crippen molar-refractivity contribution in [1.29, 1.82) is 0 Å². The van der Waals surface area contributed by atoms with E-state index in [0.717, 1.165) is 28.0 Å². The first-order chi connectivity index (χ1) is 19.7.